The van der Waals surface area contributed by atoms with Crippen molar-refractivity contribution in [1.82, 2.24) is 19.8 Å². The van der Waals surface area contributed by atoms with Gasteiger partial charge in [0.1, 0.15) is 0 Å². The van der Waals surface area contributed by atoms with Gasteiger partial charge in [-0.3, -0.25) is 4.90 Å². The topological polar surface area (TPSA) is 32.3 Å². The maximum Gasteiger partial charge on any atom is 0.205 e. The SMILES string of the molecule is C#Cc1nc(CN2CCN(C)CC2)cc(C(C)C)n1. The Bertz CT molecular complexity index is 468. The van der Waals surface area contributed by atoms with Crippen molar-refractivity contribution in [3.63, 3.8) is 0 Å². The first-order chi connectivity index (χ1) is 9.08. The molecule has 0 radical (unpaired) electrons. The van der Waals surface area contributed by atoms with Gasteiger partial charge >= 0.3 is 0 Å². The van der Waals surface area contributed by atoms with Crippen LogP contribution in [0.1, 0.15) is 37.0 Å². The van der Waals surface area contributed by atoms with Crippen LogP contribution in [0.4, 0.5) is 0 Å². The third-order valence-corrected chi connectivity index (χ3v) is 3.50. The summed E-state index contributed by atoms with van der Waals surface area (Å²) in [5, 5.41) is 0. The first-order valence-electron chi connectivity index (χ1n) is 6.84. The summed E-state index contributed by atoms with van der Waals surface area (Å²) in [7, 11) is 2.16. The molecule has 1 aliphatic rings. The number of terminal acetylenes is 1. The van der Waals surface area contributed by atoms with E-state index in [1.165, 1.54) is 0 Å². The van der Waals surface area contributed by atoms with Crippen molar-refractivity contribution < 1.29 is 0 Å². The predicted molar refractivity (Wildman–Crippen MR) is 76.8 cm³/mol. The monoisotopic (exact) mass is 258 g/mol. The molecule has 0 amide bonds. The molecule has 0 aromatic carbocycles. The zero-order chi connectivity index (χ0) is 13.8. The van der Waals surface area contributed by atoms with Gasteiger partial charge < -0.3 is 4.90 Å². The van der Waals surface area contributed by atoms with E-state index in [-0.39, 0.29) is 0 Å². The largest absolute Gasteiger partial charge is 0.304 e. The van der Waals surface area contributed by atoms with Crippen LogP contribution in [0.25, 0.3) is 0 Å². The Morgan fingerprint density at radius 2 is 1.95 bits per heavy atom. The van der Waals surface area contributed by atoms with E-state index in [0.29, 0.717) is 11.7 Å². The van der Waals surface area contributed by atoms with E-state index in [9.17, 15) is 0 Å². The fraction of sp³-hybridized carbons (Fsp3) is 0.600. The van der Waals surface area contributed by atoms with E-state index >= 15 is 0 Å². The number of nitrogens with zero attached hydrogens (tertiary/aromatic N) is 4. The molecule has 102 valence electrons. The summed E-state index contributed by atoms with van der Waals surface area (Å²) in [6.45, 7) is 9.52. The Hall–Kier alpha value is -1.44. The first kappa shape index (κ1) is 14.0. The van der Waals surface area contributed by atoms with E-state index < -0.39 is 0 Å². The van der Waals surface area contributed by atoms with Gasteiger partial charge in [0, 0.05) is 38.4 Å². The minimum atomic E-state index is 0.376. The number of aromatic nitrogens is 2. The molecule has 19 heavy (non-hydrogen) atoms. The minimum Gasteiger partial charge on any atom is -0.304 e. The Balaban J connectivity index is 2.11. The van der Waals surface area contributed by atoms with Crippen LogP contribution >= 0.6 is 0 Å². The summed E-state index contributed by atoms with van der Waals surface area (Å²) in [6, 6.07) is 2.09. The second-order valence-corrected chi connectivity index (χ2v) is 5.49. The average Bonchev–Trinajstić information content (AvgIpc) is 2.41. The molecule has 4 heteroatoms. The van der Waals surface area contributed by atoms with Crippen molar-refractivity contribution in [2.75, 3.05) is 33.2 Å². The summed E-state index contributed by atoms with van der Waals surface area (Å²) in [5.74, 6) is 3.44. The number of hydrogen-bond donors (Lipinski definition) is 0. The fourth-order valence-electron chi connectivity index (χ4n) is 2.19. The highest BCUT2D eigenvalue weighted by Gasteiger charge is 2.15. The van der Waals surface area contributed by atoms with Crippen LogP contribution in [0, 0.1) is 12.3 Å². The summed E-state index contributed by atoms with van der Waals surface area (Å²) in [6.07, 6.45) is 5.44. The molecule has 2 heterocycles. The number of piperazine rings is 1. The van der Waals surface area contributed by atoms with Crippen LogP contribution < -0.4 is 0 Å². The summed E-state index contributed by atoms with van der Waals surface area (Å²) >= 11 is 0. The van der Waals surface area contributed by atoms with Crippen molar-refractivity contribution in [1.29, 1.82) is 0 Å². The Labute approximate surface area is 115 Å². The smallest absolute Gasteiger partial charge is 0.205 e. The van der Waals surface area contributed by atoms with Gasteiger partial charge in [0.15, 0.2) is 0 Å². The maximum absolute atomic E-state index is 5.44. The Morgan fingerprint density at radius 1 is 1.26 bits per heavy atom. The fourth-order valence-corrected chi connectivity index (χ4v) is 2.19. The molecule has 0 bridgehead atoms. The Kier molecular flexibility index (Phi) is 4.52. The van der Waals surface area contributed by atoms with Crippen LogP contribution in [0.5, 0.6) is 0 Å². The molecular weight excluding hydrogens is 236 g/mol. The predicted octanol–water partition coefficient (Wildman–Crippen LogP) is 1.33. The molecule has 1 aliphatic heterocycles. The standard InChI is InChI=1S/C15H22N4/c1-5-15-16-13(10-14(17-15)12(2)3)11-19-8-6-18(4)7-9-19/h1,10,12H,6-9,11H2,2-4H3. The molecule has 0 spiro atoms. The highest BCUT2D eigenvalue weighted by molar-refractivity contribution is 5.22. The van der Waals surface area contributed by atoms with E-state index in [1.807, 2.05) is 0 Å². The lowest BCUT2D eigenvalue weighted by Crippen LogP contribution is -2.44. The lowest BCUT2D eigenvalue weighted by Gasteiger charge is -2.32. The van der Waals surface area contributed by atoms with Crippen molar-refractivity contribution in [3.8, 4) is 12.3 Å². The van der Waals surface area contributed by atoms with Crippen molar-refractivity contribution in [2.24, 2.45) is 0 Å². The highest BCUT2D eigenvalue weighted by atomic mass is 15.2. The summed E-state index contributed by atoms with van der Waals surface area (Å²) in [5.41, 5.74) is 2.07. The van der Waals surface area contributed by atoms with Gasteiger partial charge in [-0.1, -0.05) is 13.8 Å². The van der Waals surface area contributed by atoms with Crippen LogP contribution in [0.3, 0.4) is 0 Å². The number of likely N-dealkylation sites (N-methyl/N-ethyl adjacent to an activating group) is 1. The highest BCUT2D eigenvalue weighted by Crippen LogP contribution is 2.14. The molecule has 1 fully saturated rings. The van der Waals surface area contributed by atoms with Gasteiger partial charge in [-0.15, -0.1) is 6.42 Å². The van der Waals surface area contributed by atoms with Crippen LogP contribution in [-0.2, 0) is 6.54 Å². The lowest BCUT2D eigenvalue weighted by molar-refractivity contribution is 0.147. The van der Waals surface area contributed by atoms with E-state index in [2.05, 4.69) is 52.6 Å². The van der Waals surface area contributed by atoms with Crippen LogP contribution in [-0.4, -0.2) is 53.0 Å². The van der Waals surface area contributed by atoms with Gasteiger partial charge in [0.05, 0.1) is 5.69 Å². The van der Waals surface area contributed by atoms with Crippen molar-refractivity contribution in [3.05, 3.63) is 23.3 Å². The maximum atomic E-state index is 5.44. The lowest BCUT2D eigenvalue weighted by atomic mass is 10.1. The van der Waals surface area contributed by atoms with Gasteiger partial charge in [-0.2, -0.15) is 0 Å². The van der Waals surface area contributed by atoms with Crippen molar-refractivity contribution >= 4 is 0 Å². The van der Waals surface area contributed by atoms with E-state index in [4.69, 9.17) is 6.42 Å². The Morgan fingerprint density at radius 3 is 2.53 bits per heavy atom. The van der Waals surface area contributed by atoms with E-state index in [1.54, 1.807) is 0 Å². The quantitative estimate of drug-likeness (QED) is 0.766. The zero-order valence-electron chi connectivity index (χ0n) is 12.1. The van der Waals surface area contributed by atoms with Gasteiger partial charge in [-0.25, -0.2) is 9.97 Å². The molecular formula is C15H22N4. The molecule has 0 unspecified atom stereocenters. The summed E-state index contributed by atoms with van der Waals surface area (Å²) in [4.78, 5) is 13.6. The molecule has 2 rings (SSSR count). The van der Waals surface area contributed by atoms with Gasteiger partial charge in [-0.05, 0) is 25.0 Å². The molecule has 4 nitrogen and oxygen atoms in total. The minimum absolute atomic E-state index is 0.376. The van der Waals surface area contributed by atoms with Gasteiger partial charge in [0.25, 0.3) is 0 Å². The van der Waals surface area contributed by atoms with Crippen molar-refractivity contribution in [2.45, 2.75) is 26.3 Å². The molecule has 1 saturated heterocycles. The van der Waals surface area contributed by atoms with Gasteiger partial charge in [0.2, 0.25) is 5.82 Å². The zero-order valence-corrected chi connectivity index (χ0v) is 12.1. The second-order valence-electron chi connectivity index (χ2n) is 5.49. The average molecular weight is 258 g/mol. The molecule has 1 aromatic rings. The van der Waals surface area contributed by atoms with E-state index in [0.717, 1.165) is 44.1 Å². The molecule has 0 N–H and O–H groups in total. The van der Waals surface area contributed by atoms with Crippen LogP contribution in [0.15, 0.2) is 6.07 Å². The normalized spacial score (nSPS) is 17.6. The van der Waals surface area contributed by atoms with Crippen LogP contribution in [0.2, 0.25) is 0 Å². The number of hydrogen-bond acceptors (Lipinski definition) is 4. The summed E-state index contributed by atoms with van der Waals surface area (Å²) < 4.78 is 0. The second kappa shape index (κ2) is 6.14. The third-order valence-electron chi connectivity index (χ3n) is 3.50. The molecule has 0 atom stereocenters. The first-order valence-corrected chi connectivity index (χ1v) is 6.84. The number of rotatable bonds is 3. The third kappa shape index (κ3) is 3.76. The molecule has 0 saturated carbocycles. The molecule has 0 aliphatic carbocycles. The molecule has 1 aromatic heterocycles.